The van der Waals surface area contributed by atoms with Crippen molar-refractivity contribution < 1.29 is 4.79 Å². The molecule has 0 aromatic carbocycles. The quantitative estimate of drug-likeness (QED) is 0.794. The zero-order valence-electron chi connectivity index (χ0n) is 9.86. The van der Waals surface area contributed by atoms with Gasteiger partial charge < -0.3 is 10.2 Å². The van der Waals surface area contributed by atoms with Crippen molar-refractivity contribution in [3.63, 3.8) is 0 Å². The van der Waals surface area contributed by atoms with Gasteiger partial charge in [-0.1, -0.05) is 0 Å². The fourth-order valence-electron chi connectivity index (χ4n) is 1.12. The molecule has 1 amide bonds. The highest BCUT2D eigenvalue weighted by Crippen LogP contribution is 2.09. The van der Waals surface area contributed by atoms with Crippen molar-refractivity contribution in [1.29, 1.82) is 0 Å². The number of carbonyl (C=O) groups excluding carboxylic acids is 1. The molecule has 0 spiro atoms. The Balaban J connectivity index is 0. The van der Waals surface area contributed by atoms with E-state index in [1.807, 2.05) is 14.1 Å². The zero-order valence-corrected chi connectivity index (χ0v) is 12.3. The first-order chi connectivity index (χ1) is 6.61. The minimum absolute atomic E-state index is 0. The second-order valence-electron chi connectivity index (χ2n) is 3.83. The first-order valence-electron chi connectivity index (χ1n) is 4.86. The van der Waals surface area contributed by atoms with Crippen molar-refractivity contribution in [2.45, 2.75) is 19.0 Å². The summed E-state index contributed by atoms with van der Waals surface area (Å²) in [6.07, 6.45) is 0. The lowest BCUT2D eigenvalue weighted by Crippen LogP contribution is -2.46. The van der Waals surface area contributed by atoms with E-state index in [-0.39, 0.29) is 36.8 Å². The Labute approximate surface area is 114 Å². The molecule has 1 aliphatic heterocycles. The second kappa shape index (κ2) is 9.36. The Hall–Kier alpha value is 0.320. The van der Waals surface area contributed by atoms with E-state index in [9.17, 15) is 4.79 Å². The minimum Gasteiger partial charge on any atom is -0.353 e. The Morgan fingerprint density at radius 2 is 2.19 bits per heavy atom. The highest BCUT2D eigenvalue weighted by molar-refractivity contribution is 7.99. The molecule has 16 heavy (non-hydrogen) atoms. The number of likely N-dealkylation sites (N-methyl/N-ethyl adjacent to an activating group) is 1. The standard InChI is InChI=1S/C9H19N3OS.2ClH/c1-7(12(2)3)4-10-9(13)8-5-14-6-11-8;;/h7-8,11H,4-6H2,1-3H3,(H,10,13);2*1H. The zero-order chi connectivity index (χ0) is 10.6. The molecule has 1 rings (SSSR count). The molecule has 1 saturated heterocycles. The van der Waals surface area contributed by atoms with Gasteiger partial charge >= 0.3 is 0 Å². The molecule has 1 fully saturated rings. The smallest absolute Gasteiger partial charge is 0.238 e. The maximum absolute atomic E-state index is 11.6. The van der Waals surface area contributed by atoms with E-state index in [4.69, 9.17) is 0 Å². The predicted molar refractivity (Wildman–Crippen MR) is 74.9 cm³/mol. The van der Waals surface area contributed by atoms with Crippen LogP contribution in [0.4, 0.5) is 0 Å². The highest BCUT2D eigenvalue weighted by atomic mass is 35.5. The fourth-order valence-corrected chi connectivity index (χ4v) is 2.06. The van der Waals surface area contributed by atoms with Crippen LogP contribution in [0.25, 0.3) is 0 Å². The van der Waals surface area contributed by atoms with E-state index in [1.165, 1.54) is 0 Å². The molecule has 0 aromatic heterocycles. The van der Waals surface area contributed by atoms with Crippen LogP contribution in [0.3, 0.4) is 0 Å². The lowest BCUT2D eigenvalue weighted by molar-refractivity contribution is -0.122. The minimum atomic E-state index is 0. The van der Waals surface area contributed by atoms with Gasteiger partial charge in [0.15, 0.2) is 0 Å². The van der Waals surface area contributed by atoms with Crippen LogP contribution in [0, 0.1) is 0 Å². The maximum atomic E-state index is 11.6. The normalized spacial score (nSPS) is 20.9. The van der Waals surface area contributed by atoms with Crippen LogP contribution in [-0.2, 0) is 4.79 Å². The number of rotatable bonds is 4. The van der Waals surface area contributed by atoms with Gasteiger partial charge in [-0.15, -0.1) is 36.6 Å². The van der Waals surface area contributed by atoms with Gasteiger partial charge in [0.1, 0.15) is 0 Å². The van der Waals surface area contributed by atoms with Crippen LogP contribution in [0.2, 0.25) is 0 Å². The van der Waals surface area contributed by atoms with Gasteiger partial charge in [0.2, 0.25) is 5.91 Å². The van der Waals surface area contributed by atoms with Gasteiger partial charge in [-0.2, -0.15) is 0 Å². The predicted octanol–water partition coefficient (Wildman–Crippen LogP) is 0.559. The third-order valence-corrected chi connectivity index (χ3v) is 3.43. The third kappa shape index (κ3) is 6.15. The van der Waals surface area contributed by atoms with Crippen LogP contribution >= 0.6 is 36.6 Å². The SMILES string of the molecule is CC(CNC(=O)C1CSCN1)N(C)C.Cl.Cl. The summed E-state index contributed by atoms with van der Waals surface area (Å²) in [5, 5.41) is 6.10. The summed E-state index contributed by atoms with van der Waals surface area (Å²) in [5.41, 5.74) is 0. The molecule has 0 saturated carbocycles. The summed E-state index contributed by atoms with van der Waals surface area (Å²) in [5.74, 6) is 1.91. The summed E-state index contributed by atoms with van der Waals surface area (Å²) in [7, 11) is 4.03. The number of carbonyl (C=O) groups is 1. The molecular weight excluding hydrogens is 269 g/mol. The molecular formula is C9H21Cl2N3OS. The number of halogens is 2. The first kappa shape index (κ1) is 18.7. The average molecular weight is 290 g/mol. The van der Waals surface area contributed by atoms with Crippen molar-refractivity contribution in [3.05, 3.63) is 0 Å². The molecule has 0 bridgehead atoms. The molecule has 0 aromatic rings. The first-order valence-corrected chi connectivity index (χ1v) is 6.02. The van der Waals surface area contributed by atoms with Crippen LogP contribution in [-0.4, -0.2) is 55.2 Å². The molecule has 2 unspecified atom stereocenters. The van der Waals surface area contributed by atoms with E-state index in [0.29, 0.717) is 12.6 Å². The van der Waals surface area contributed by atoms with Gasteiger partial charge in [-0.25, -0.2) is 0 Å². The lowest BCUT2D eigenvalue weighted by Gasteiger charge is -2.21. The van der Waals surface area contributed by atoms with Crippen LogP contribution in [0.5, 0.6) is 0 Å². The van der Waals surface area contributed by atoms with Crippen molar-refractivity contribution >= 4 is 42.5 Å². The van der Waals surface area contributed by atoms with Crippen LogP contribution in [0.15, 0.2) is 0 Å². The van der Waals surface area contributed by atoms with Crippen LogP contribution < -0.4 is 10.6 Å². The van der Waals surface area contributed by atoms with Gasteiger partial charge in [-0.05, 0) is 21.0 Å². The summed E-state index contributed by atoms with van der Waals surface area (Å²) < 4.78 is 0. The van der Waals surface area contributed by atoms with Crippen molar-refractivity contribution in [1.82, 2.24) is 15.5 Å². The topological polar surface area (TPSA) is 44.4 Å². The molecule has 1 aliphatic rings. The molecule has 2 N–H and O–H groups in total. The average Bonchev–Trinajstić information content (AvgIpc) is 2.66. The van der Waals surface area contributed by atoms with E-state index in [1.54, 1.807) is 11.8 Å². The summed E-state index contributed by atoms with van der Waals surface area (Å²) in [4.78, 5) is 13.7. The Morgan fingerprint density at radius 3 is 2.62 bits per heavy atom. The van der Waals surface area contributed by atoms with Crippen molar-refractivity contribution in [3.8, 4) is 0 Å². The third-order valence-electron chi connectivity index (χ3n) is 2.49. The molecule has 7 heteroatoms. The van der Waals surface area contributed by atoms with Crippen molar-refractivity contribution in [2.75, 3.05) is 32.3 Å². The van der Waals surface area contributed by atoms with Gasteiger partial charge in [0.05, 0.1) is 6.04 Å². The molecule has 4 nitrogen and oxygen atoms in total. The lowest BCUT2D eigenvalue weighted by atomic mass is 10.2. The number of hydrogen-bond donors (Lipinski definition) is 2. The summed E-state index contributed by atoms with van der Waals surface area (Å²) >= 11 is 1.77. The van der Waals surface area contributed by atoms with Gasteiger partial charge in [-0.3, -0.25) is 10.1 Å². The maximum Gasteiger partial charge on any atom is 0.238 e. The Bertz CT molecular complexity index is 201. The van der Waals surface area contributed by atoms with Gasteiger partial charge in [0, 0.05) is 24.2 Å². The largest absolute Gasteiger partial charge is 0.353 e. The summed E-state index contributed by atoms with van der Waals surface area (Å²) in [6, 6.07) is 0.391. The molecule has 2 atom stereocenters. The van der Waals surface area contributed by atoms with Gasteiger partial charge in [0.25, 0.3) is 0 Å². The second-order valence-corrected chi connectivity index (χ2v) is 4.86. The van der Waals surface area contributed by atoms with E-state index in [0.717, 1.165) is 11.6 Å². The Kier molecular flexibility index (Phi) is 10.9. The number of nitrogens with zero attached hydrogens (tertiary/aromatic N) is 1. The fraction of sp³-hybridized carbons (Fsp3) is 0.889. The number of nitrogens with one attached hydrogen (secondary N) is 2. The van der Waals surface area contributed by atoms with E-state index < -0.39 is 0 Å². The molecule has 0 radical (unpaired) electrons. The monoisotopic (exact) mass is 289 g/mol. The van der Waals surface area contributed by atoms with Crippen molar-refractivity contribution in [2.24, 2.45) is 0 Å². The van der Waals surface area contributed by atoms with E-state index in [2.05, 4.69) is 22.5 Å². The number of thioether (sulfide) groups is 1. The Morgan fingerprint density at radius 1 is 1.56 bits per heavy atom. The van der Waals surface area contributed by atoms with E-state index >= 15 is 0 Å². The summed E-state index contributed by atoms with van der Waals surface area (Å²) in [6.45, 7) is 2.81. The van der Waals surface area contributed by atoms with Crippen LogP contribution in [0.1, 0.15) is 6.92 Å². The number of hydrogen-bond acceptors (Lipinski definition) is 4. The molecule has 98 valence electrons. The highest BCUT2D eigenvalue weighted by Gasteiger charge is 2.22. The molecule has 1 heterocycles. The molecule has 0 aliphatic carbocycles. The number of amides is 1.